The van der Waals surface area contributed by atoms with Crippen molar-refractivity contribution in [3.8, 4) is 0 Å². The maximum atomic E-state index is 11.9. The van der Waals surface area contributed by atoms with Crippen molar-refractivity contribution in [2.45, 2.75) is 0 Å². The Morgan fingerprint density at radius 1 is 0.909 bits per heavy atom. The molecule has 0 saturated carbocycles. The Morgan fingerprint density at radius 3 is 2.27 bits per heavy atom. The molecular formula is C14H8Cl4N2O2. The summed E-state index contributed by atoms with van der Waals surface area (Å²) in [6.07, 6.45) is 0. The molecule has 2 N–H and O–H groups in total. The van der Waals surface area contributed by atoms with Crippen LogP contribution in [0.5, 0.6) is 0 Å². The average molecular weight is 378 g/mol. The first-order valence-electron chi connectivity index (χ1n) is 5.90. The molecule has 0 bridgehead atoms. The summed E-state index contributed by atoms with van der Waals surface area (Å²) >= 11 is 23.5. The van der Waals surface area contributed by atoms with E-state index in [4.69, 9.17) is 46.4 Å². The van der Waals surface area contributed by atoms with Crippen LogP contribution in [-0.2, 0) is 0 Å². The van der Waals surface area contributed by atoms with Gasteiger partial charge in [0.05, 0.1) is 26.3 Å². The van der Waals surface area contributed by atoms with Crippen LogP contribution in [0, 0.1) is 0 Å². The van der Waals surface area contributed by atoms with Gasteiger partial charge in [0.25, 0.3) is 5.91 Å². The standard InChI is InChI=1S/C14H8Cl4N2O2/c15-7-5-10(17)12(18)11(6-7)19-14(22)20-13(21)8-3-1-2-4-9(8)16/h1-6H,(H2,19,20,21,22). The number of hydrogen-bond acceptors (Lipinski definition) is 2. The van der Waals surface area contributed by atoms with E-state index in [1.54, 1.807) is 18.2 Å². The number of benzene rings is 2. The number of carbonyl (C=O) groups excluding carboxylic acids is 2. The van der Waals surface area contributed by atoms with E-state index in [1.807, 2.05) is 0 Å². The van der Waals surface area contributed by atoms with Crippen molar-refractivity contribution in [2.24, 2.45) is 0 Å². The zero-order valence-corrected chi connectivity index (χ0v) is 13.8. The summed E-state index contributed by atoms with van der Waals surface area (Å²) in [5.41, 5.74) is 0.359. The highest BCUT2D eigenvalue weighted by Gasteiger charge is 2.15. The van der Waals surface area contributed by atoms with Crippen molar-refractivity contribution in [2.75, 3.05) is 5.32 Å². The Bertz CT molecular complexity index is 750. The monoisotopic (exact) mass is 376 g/mol. The third-order valence-corrected chi connectivity index (χ3v) is 3.94. The van der Waals surface area contributed by atoms with Crippen LogP contribution >= 0.6 is 46.4 Å². The summed E-state index contributed by atoms with van der Waals surface area (Å²) in [5, 5.41) is 5.36. The molecule has 0 spiro atoms. The molecule has 8 heteroatoms. The molecule has 0 unspecified atom stereocenters. The zero-order chi connectivity index (χ0) is 16.3. The Hall–Kier alpha value is -1.46. The highest BCUT2D eigenvalue weighted by atomic mass is 35.5. The lowest BCUT2D eigenvalue weighted by Gasteiger charge is -2.10. The SMILES string of the molecule is O=C(NC(=O)c1ccccc1Cl)Nc1cc(Cl)cc(Cl)c1Cl. The molecule has 0 aliphatic heterocycles. The number of halogens is 4. The summed E-state index contributed by atoms with van der Waals surface area (Å²) in [5.74, 6) is -0.646. The number of urea groups is 1. The molecule has 0 aromatic heterocycles. The summed E-state index contributed by atoms with van der Waals surface area (Å²) in [4.78, 5) is 23.8. The van der Waals surface area contributed by atoms with Gasteiger partial charge in [0.1, 0.15) is 0 Å². The maximum absolute atomic E-state index is 11.9. The first-order valence-corrected chi connectivity index (χ1v) is 7.41. The molecule has 0 aliphatic rings. The lowest BCUT2D eigenvalue weighted by atomic mass is 10.2. The van der Waals surface area contributed by atoms with Gasteiger partial charge < -0.3 is 5.32 Å². The minimum atomic E-state index is -0.787. The van der Waals surface area contributed by atoms with E-state index >= 15 is 0 Å². The lowest BCUT2D eigenvalue weighted by molar-refractivity contribution is 0.0967. The predicted octanol–water partition coefficient (Wildman–Crippen LogP) is 5.26. The van der Waals surface area contributed by atoms with Crippen molar-refractivity contribution < 1.29 is 9.59 Å². The van der Waals surface area contributed by atoms with Crippen LogP contribution in [0.2, 0.25) is 20.1 Å². The van der Waals surface area contributed by atoms with Crippen LogP contribution in [0.15, 0.2) is 36.4 Å². The molecule has 2 aromatic carbocycles. The van der Waals surface area contributed by atoms with Crippen molar-refractivity contribution in [1.82, 2.24) is 5.32 Å². The molecule has 0 radical (unpaired) electrons. The Labute approximate surface area is 146 Å². The van der Waals surface area contributed by atoms with Gasteiger partial charge in [0, 0.05) is 5.02 Å². The van der Waals surface area contributed by atoms with E-state index in [1.165, 1.54) is 18.2 Å². The second-order valence-corrected chi connectivity index (χ2v) is 5.77. The summed E-state index contributed by atoms with van der Waals surface area (Å²) in [6.45, 7) is 0. The molecular weight excluding hydrogens is 370 g/mol. The summed E-state index contributed by atoms with van der Waals surface area (Å²) < 4.78 is 0. The van der Waals surface area contributed by atoms with Crippen molar-refractivity contribution in [3.63, 3.8) is 0 Å². The summed E-state index contributed by atoms with van der Waals surface area (Å²) in [7, 11) is 0. The molecule has 0 fully saturated rings. The number of rotatable bonds is 2. The highest BCUT2D eigenvalue weighted by Crippen LogP contribution is 2.33. The number of nitrogens with one attached hydrogen (secondary N) is 2. The molecule has 0 heterocycles. The molecule has 2 aromatic rings. The normalized spacial score (nSPS) is 10.2. The first kappa shape index (κ1) is 16.9. The Balaban J connectivity index is 2.11. The average Bonchev–Trinajstić information content (AvgIpc) is 2.44. The van der Waals surface area contributed by atoms with E-state index in [9.17, 15) is 9.59 Å². The molecule has 4 nitrogen and oxygen atoms in total. The molecule has 0 aliphatic carbocycles. The van der Waals surface area contributed by atoms with Crippen LogP contribution in [0.3, 0.4) is 0 Å². The van der Waals surface area contributed by atoms with E-state index in [2.05, 4.69) is 10.6 Å². The third-order valence-electron chi connectivity index (χ3n) is 2.59. The quantitative estimate of drug-likeness (QED) is 0.701. The van der Waals surface area contributed by atoms with Gasteiger partial charge in [0.2, 0.25) is 0 Å². The largest absolute Gasteiger partial charge is 0.326 e. The Morgan fingerprint density at radius 2 is 1.59 bits per heavy atom. The fourth-order valence-electron chi connectivity index (χ4n) is 1.62. The fraction of sp³-hybridized carbons (Fsp3) is 0. The van der Waals surface area contributed by atoms with Gasteiger partial charge in [-0.15, -0.1) is 0 Å². The van der Waals surface area contributed by atoms with E-state index < -0.39 is 11.9 Å². The number of imide groups is 1. The minimum Gasteiger partial charge on any atom is -0.306 e. The lowest BCUT2D eigenvalue weighted by Crippen LogP contribution is -2.34. The van der Waals surface area contributed by atoms with Crippen molar-refractivity contribution in [1.29, 1.82) is 0 Å². The van der Waals surface area contributed by atoms with Gasteiger partial charge in [0.15, 0.2) is 0 Å². The van der Waals surface area contributed by atoms with Crippen LogP contribution in [0.4, 0.5) is 10.5 Å². The predicted molar refractivity (Wildman–Crippen MR) is 89.4 cm³/mol. The second-order valence-electron chi connectivity index (χ2n) is 4.14. The number of hydrogen-bond donors (Lipinski definition) is 2. The first-order chi connectivity index (χ1) is 10.4. The van der Waals surface area contributed by atoms with Gasteiger partial charge in [-0.3, -0.25) is 10.1 Å². The molecule has 3 amide bonds. The smallest absolute Gasteiger partial charge is 0.306 e. The van der Waals surface area contributed by atoms with Gasteiger partial charge in [-0.2, -0.15) is 0 Å². The Kier molecular flexibility index (Phi) is 5.53. The number of carbonyl (C=O) groups is 2. The van der Waals surface area contributed by atoms with Crippen LogP contribution < -0.4 is 10.6 Å². The van der Waals surface area contributed by atoms with Crippen LogP contribution in [-0.4, -0.2) is 11.9 Å². The molecule has 114 valence electrons. The minimum absolute atomic E-state index is 0.117. The molecule has 22 heavy (non-hydrogen) atoms. The molecule has 0 atom stereocenters. The van der Waals surface area contributed by atoms with Crippen molar-refractivity contribution in [3.05, 3.63) is 62.1 Å². The van der Waals surface area contributed by atoms with Gasteiger partial charge in [-0.05, 0) is 24.3 Å². The fourth-order valence-corrected chi connectivity index (χ4v) is 2.49. The van der Waals surface area contributed by atoms with E-state index in [-0.39, 0.29) is 26.3 Å². The molecule has 0 saturated heterocycles. The van der Waals surface area contributed by atoms with Gasteiger partial charge >= 0.3 is 6.03 Å². The maximum Gasteiger partial charge on any atom is 0.326 e. The second kappa shape index (κ2) is 7.20. The highest BCUT2D eigenvalue weighted by molar-refractivity contribution is 6.45. The molecule has 2 rings (SSSR count). The summed E-state index contributed by atoms with van der Waals surface area (Å²) in [6, 6.07) is 8.40. The number of anilines is 1. The van der Waals surface area contributed by atoms with E-state index in [0.717, 1.165) is 0 Å². The van der Waals surface area contributed by atoms with Crippen LogP contribution in [0.25, 0.3) is 0 Å². The van der Waals surface area contributed by atoms with Crippen LogP contribution in [0.1, 0.15) is 10.4 Å². The topological polar surface area (TPSA) is 58.2 Å². The third kappa shape index (κ3) is 4.05. The van der Waals surface area contributed by atoms with E-state index in [0.29, 0.717) is 5.02 Å². The number of amides is 3. The van der Waals surface area contributed by atoms with Gasteiger partial charge in [-0.25, -0.2) is 4.79 Å². The zero-order valence-electron chi connectivity index (χ0n) is 10.8. The van der Waals surface area contributed by atoms with Gasteiger partial charge in [-0.1, -0.05) is 58.5 Å². The van der Waals surface area contributed by atoms with Crippen molar-refractivity contribution >= 4 is 64.0 Å².